The number of aliphatic hydroxyl groups excluding tert-OH is 1. The second kappa shape index (κ2) is 5.00. The minimum atomic E-state index is -1.08. The first-order valence-corrected chi connectivity index (χ1v) is 5.85. The first kappa shape index (κ1) is 13.9. The van der Waals surface area contributed by atoms with Gasteiger partial charge in [-0.1, -0.05) is 17.7 Å². The van der Waals surface area contributed by atoms with E-state index in [4.69, 9.17) is 16.3 Å². The standard InChI is InChI=1S/C11H13BrClFO2/c1-11(2,16-3)10(15)6-4-5-7(12)8(13)9(6)14/h4-5,10,15H,1-3H3. The molecule has 0 aromatic heterocycles. The van der Waals surface area contributed by atoms with Gasteiger partial charge < -0.3 is 9.84 Å². The molecular formula is C11H13BrClFO2. The van der Waals surface area contributed by atoms with Crippen LogP contribution in [0.1, 0.15) is 25.5 Å². The van der Waals surface area contributed by atoms with Crippen LogP contribution >= 0.6 is 27.5 Å². The Balaban J connectivity index is 3.20. The van der Waals surface area contributed by atoms with Crippen LogP contribution in [0.25, 0.3) is 0 Å². The Morgan fingerprint density at radius 1 is 1.50 bits per heavy atom. The molecule has 1 N–H and O–H groups in total. The van der Waals surface area contributed by atoms with Crippen LogP contribution in [0.5, 0.6) is 0 Å². The summed E-state index contributed by atoms with van der Waals surface area (Å²) in [6, 6.07) is 3.08. The highest BCUT2D eigenvalue weighted by molar-refractivity contribution is 9.10. The molecule has 1 rings (SSSR count). The van der Waals surface area contributed by atoms with Gasteiger partial charge in [-0.3, -0.25) is 0 Å². The Hall–Kier alpha value is -0.160. The number of hydrogen-bond donors (Lipinski definition) is 1. The summed E-state index contributed by atoms with van der Waals surface area (Å²) in [5.41, 5.74) is -0.752. The van der Waals surface area contributed by atoms with Crippen molar-refractivity contribution in [2.45, 2.75) is 25.6 Å². The molecule has 0 radical (unpaired) electrons. The van der Waals surface area contributed by atoms with Gasteiger partial charge in [0.25, 0.3) is 0 Å². The zero-order chi connectivity index (χ0) is 12.5. The van der Waals surface area contributed by atoms with Gasteiger partial charge >= 0.3 is 0 Å². The maximum Gasteiger partial charge on any atom is 0.148 e. The molecule has 16 heavy (non-hydrogen) atoms. The molecule has 0 spiro atoms. The van der Waals surface area contributed by atoms with Crippen molar-refractivity contribution in [2.24, 2.45) is 0 Å². The molecule has 5 heteroatoms. The van der Waals surface area contributed by atoms with Gasteiger partial charge in [0.05, 0.1) is 10.6 Å². The van der Waals surface area contributed by atoms with E-state index in [2.05, 4.69) is 15.9 Å². The molecule has 1 aromatic rings. The lowest BCUT2D eigenvalue weighted by atomic mass is 9.94. The van der Waals surface area contributed by atoms with Crippen molar-refractivity contribution in [3.05, 3.63) is 33.0 Å². The molecule has 0 fully saturated rings. The maximum atomic E-state index is 13.8. The smallest absolute Gasteiger partial charge is 0.148 e. The summed E-state index contributed by atoms with van der Waals surface area (Å²) in [7, 11) is 1.46. The van der Waals surface area contributed by atoms with Gasteiger partial charge in [0.1, 0.15) is 11.9 Å². The lowest BCUT2D eigenvalue weighted by Gasteiger charge is -2.29. The number of hydrogen-bond acceptors (Lipinski definition) is 2. The van der Waals surface area contributed by atoms with Crippen LogP contribution < -0.4 is 0 Å². The molecule has 1 unspecified atom stereocenters. The van der Waals surface area contributed by atoms with Gasteiger partial charge in [0.15, 0.2) is 0 Å². The monoisotopic (exact) mass is 310 g/mol. The third-order valence-electron chi connectivity index (χ3n) is 2.54. The summed E-state index contributed by atoms with van der Waals surface area (Å²) in [6.07, 6.45) is -1.08. The van der Waals surface area contributed by atoms with Crippen molar-refractivity contribution in [1.29, 1.82) is 0 Å². The van der Waals surface area contributed by atoms with Crippen LogP contribution in [0.2, 0.25) is 5.02 Å². The van der Waals surface area contributed by atoms with Gasteiger partial charge in [0, 0.05) is 17.1 Å². The number of ether oxygens (including phenoxy) is 1. The molecule has 90 valence electrons. The summed E-state index contributed by atoms with van der Waals surface area (Å²) in [5.74, 6) is -0.631. The average Bonchev–Trinajstić information content (AvgIpc) is 2.25. The number of benzene rings is 1. The van der Waals surface area contributed by atoms with Crippen LogP contribution in [0.3, 0.4) is 0 Å². The predicted octanol–water partition coefficient (Wildman–Crippen LogP) is 3.70. The van der Waals surface area contributed by atoms with Gasteiger partial charge in [-0.2, -0.15) is 0 Å². The van der Waals surface area contributed by atoms with E-state index in [-0.39, 0.29) is 10.6 Å². The maximum absolute atomic E-state index is 13.8. The first-order valence-electron chi connectivity index (χ1n) is 4.68. The van der Waals surface area contributed by atoms with Gasteiger partial charge in [-0.05, 0) is 35.8 Å². The van der Waals surface area contributed by atoms with Crippen molar-refractivity contribution in [3.8, 4) is 0 Å². The molecule has 0 aliphatic carbocycles. The fourth-order valence-electron chi connectivity index (χ4n) is 1.24. The average molecular weight is 312 g/mol. The largest absolute Gasteiger partial charge is 0.385 e. The minimum Gasteiger partial charge on any atom is -0.385 e. The molecule has 0 aliphatic rings. The fraction of sp³-hybridized carbons (Fsp3) is 0.455. The van der Waals surface area contributed by atoms with Crippen molar-refractivity contribution in [2.75, 3.05) is 7.11 Å². The summed E-state index contributed by atoms with van der Waals surface area (Å²) in [6.45, 7) is 3.35. The second-order valence-corrected chi connectivity index (χ2v) is 5.21. The Morgan fingerprint density at radius 3 is 2.56 bits per heavy atom. The van der Waals surface area contributed by atoms with Crippen LogP contribution in [-0.2, 0) is 4.74 Å². The highest BCUT2D eigenvalue weighted by atomic mass is 79.9. The van der Waals surface area contributed by atoms with E-state index in [1.807, 2.05) is 0 Å². The van der Waals surface area contributed by atoms with Crippen LogP contribution in [0.15, 0.2) is 16.6 Å². The van der Waals surface area contributed by atoms with Gasteiger partial charge in [-0.15, -0.1) is 0 Å². The summed E-state index contributed by atoms with van der Waals surface area (Å²) < 4.78 is 19.4. The number of aliphatic hydroxyl groups is 1. The number of halogens is 3. The molecule has 0 heterocycles. The molecule has 0 aliphatic heterocycles. The molecule has 0 saturated heterocycles. The van der Waals surface area contributed by atoms with Crippen molar-refractivity contribution < 1.29 is 14.2 Å². The summed E-state index contributed by atoms with van der Waals surface area (Å²) in [4.78, 5) is 0. The lowest BCUT2D eigenvalue weighted by molar-refractivity contribution is -0.0805. The van der Waals surface area contributed by atoms with Gasteiger partial charge in [-0.25, -0.2) is 4.39 Å². The van der Waals surface area contributed by atoms with E-state index in [1.54, 1.807) is 19.9 Å². The molecule has 1 atom stereocenters. The molecule has 1 aromatic carbocycles. The van der Waals surface area contributed by atoms with Gasteiger partial charge in [0.2, 0.25) is 0 Å². The van der Waals surface area contributed by atoms with E-state index in [9.17, 15) is 9.50 Å². The quantitative estimate of drug-likeness (QED) is 0.863. The lowest BCUT2D eigenvalue weighted by Crippen LogP contribution is -2.32. The molecule has 0 saturated carbocycles. The predicted molar refractivity (Wildman–Crippen MR) is 65.2 cm³/mol. The Labute approximate surface area is 108 Å². The highest BCUT2D eigenvalue weighted by Crippen LogP contribution is 2.35. The second-order valence-electron chi connectivity index (χ2n) is 3.97. The van der Waals surface area contributed by atoms with Crippen molar-refractivity contribution in [1.82, 2.24) is 0 Å². The minimum absolute atomic E-state index is 0.0385. The Morgan fingerprint density at radius 2 is 2.06 bits per heavy atom. The number of methoxy groups -OCH3 is 1. The SMILES string of the molecule is COC(C)(C)C(O)c1ccc(Br)c(Cl)c1F. The Kier molecular flexibility index (Phi) is 4.35. The zero-order valence-electron chi connectivity index (χ0n) is 9.22. The number of rotatable bonds is 3. The van der Waals surface area contributed by atoms with Crippen LogP contribution in [0.4, 0.5) is 4.39 Å². The van der Waals surface area contributed by atoms with E-state index in [1.165, 1.54) is 13.2 Å². The molecule has 0 amide bonds. The molecular weight excluding hydrogens is 298 g/mol. The zero-order valence-corrected chi connectivity index (χ0v) is 11.6. The third kappa shape index (κ3) is 2.56. The normalized spacial score (nSPS) is 13.9. The van der Waals surface area contributed by atoms with Crippen LogP contribution in [0, 0.1) is 5.82 Å². The van der Waals surface area contributed by atoms with E-state index < -0.39 is 17.5 Å². The summed E-state index contributed by atoms with van der Waals surface area (Å²) >= 11 is 8.86. The fourth-order valence-corrected chi connectivity index (χ4v) is 1.72. The molecule has 0 bridgehead atoms. The Bertz CT molecular complexity index is 396. The summed E-state index contributed by atoms with van der Waals surface area (Å²) in [5, 5.41) is 9.97. The van der Waals surface area contributed by atoms with Crippen molar-refractivity contribution in [3.63, 3.8) is 0 Å². The molecule has 2 nitrogen and oxygen atoms in total. The van der Waals surface area contributed by atoms with E-state index in [0.717, 1.165) is 0 Å². The van der Waals surface area contributed by atoms with E-state index in [0.29, 0.717) is 4.47 Å². The first-order chi connectivity index (χ1) is 7.31. The highest BCUT2D eigenvalue weighted by Gasteiger charge is 2.31. The topological polar surface area (TPSA) is 29.5 Å². The third-order valence-corrected chi connectivity index (χ3v) is 3.80. The van der Waals surface area contributed by atoms with Crippen molar-refractivity contribution >= 4 is 27.5 Å². The van der Waals surface area contributed by atoms with Crippen LogP contribution in [-0.4, -0.2) is 17.8 Å². The van der Waals surface area contributed by atoms with E-state index >= 15 is 0 Å².